The summed E-state index contributed by atoms with van der Waals surface area (Å²) in [5, 5.41) is 2.29. The van der Waals surface area contributed by atoms with Gasteiger partial charge in [0.1, 0.15) is 6.61 Å². The van der Waals surface area contributed by atoms with E-state index in [4.69, 9.17) is 9.47 Å². The molecule has 0 saturated carbocycles. The number of benzene rings is 2. The number of ether oxygens (including phenoxy) is 2. The number of carbonyl (C=O) groups excluding carboxylic acids is 2. The minimum atomic E-state index is -0.288. The zero-order valence-electron chi connectivity index (χ0n) is 18.1. The molecule has 0 atom stereocenters. The lowest BCUT2D eigenvalue weighted by atomic mass is 10.1. The Kier molecular flexibility index (Phi) is 11.3. The van der Waals surface area contributed by atoms with E-state index in [0.717, 1.165) is 35.6 Å². The summed E-state index contributed by atoms with van der Waals surface area (Å²) in [4.78, 5) is 23.6. The van der Waals surface area contributed by atoms with Crippen LogP contribution >= 0.6 is 0 Å². The van der Waals surface area contributed by atoms with Gasteiger partial charge >= 0.3 is 11.9 Å². The van der Waals surface area contributed by atoms with Gasteiger partial charge in [0.2, 0.25) is 0 Å². The van der Waals surface area contributed by atoms with Crippen LogP contribution in [0.25, 0.3) is 10.8 Å². The molecule has 0 bridgehead atoms. The highest BCUT2D eigenvalue weighted by Gasteiger charge is 2.08. The Morgan fingerprint density at radius 3 is 2.27 bits per heavy atom. The number of unbranched alkanes of at least 4 members (excludes halogenated alkanes) is 4. The Bertz CT molecular complexity index is 810. The second-order valence-electron chi connectivity index (χ2n) is 7.53. The Morgan fingerprint density at radius 1 is 0.800 bits per heavy atom. The fourth-order valence-electron chi connectivity index (χ4n) is 3.15. The SMILES string of the molecule is CCCCC/C=C/CCCOC(=O)CCCC(=O)OCc1ccc2ccccc2c1. The molecule has 0 heterocycles. The average molecular weight is 411 g/mol. The predicted molar refractivity (Wildman–Crippen MR) is 121 cm³/mol. The van der Waals surface area contributed by atoms with Crippen LogP contribution < -0.4 is 0 Å². The van der Waals surface area contributed by atoms with Crippen molar-refractivity contribution in [2.75, 3.05) is 6.61 Å². The van der Waals surface area contributed by atoms with Crippen molar-refractivity contribution in [3.63, 3.8) is 0 Å². The fourth-order valence-corrected chi connectivity index (χ4v) is 3.15. The van der Waals surface area contributed by atoms with Gasteiger partial charge in [0.05, 0.1) is 6.61 Å². The molecule has 4 heteroatoms. The van der Waals surface area contributed by atoms with Crippen LogP contribution in [-0.2, 0) is 25.7 Å². The summed E-state index contributed by atoms with van der Waals surface area (Å²) in [5.74, 6) is -0.534. The largest absolute Gasteiger partial charge is 0.466 e. The maximum atomic E-state index is 11.9. The number of rotatable bonds is 14. The molecule has 0 unspecified atom stereocenters. The first-order chi connectivity index (χ1) is 14.7. The van der Waals surface area contributed by atoms with E-state index in [0.29, 0.717) is 13.0 Å². The first-order valence-electron chi connectivity index (χ1n) is 11.1. The summed E-state index contributed by atoms with van der Waals surface area (Å²) in [5.41, 5.74) is 0.959. The van der Waals surface area contributed by atoms with E-state index in [1.807, 2.05) is 36.4 Å². The lowest BCUT2D eigenvalue weighted by molar-refractivity contribution is -0.146. The van der Waals surface area contributed by atoms with Crippen LogP contribution in [0, 0.1) is 0 Å². The van der Waals surface area contributed by atoms with Crippen LogP contribution in [0.5, 0.6) is 0 Å². The zero-order valence-corrected chi connectivity index (χ0v) is 18.1. The smallest absolute Gasteiger partial charge is 0.306 e. The van der Waals surface area contributed by atoms with E-state index in [1.165, 1.54) is 19.3 Å². The Hall–Kier alpha value is -2.62. The first-order valence-corrected chi connectivity index (χ1v) is 11.1. The van der Waals surface area contributed by atoms with Gasteiger partial charge in [-0.3, -0.25) is 9.59 Å². The Morgan fingerprint density at radius 2 is 1.50 bits per heavy atom. The quantitative estimate of drug-likeness (QED) is 0.202. The maximum absolute atomic E-state index is 11.9. The number of fused-ring (bicyclic) bond motifs is 1. The third-order valence-electron chi connectivity index (χ3n) is 4.89. The van der Waals surface area contributed by atoms with E-state index in [1.54, 1.807) is 0 Å². The molecule has 162 valence electrons. The van der Waals surface area contributed by atoms with Crippen molar-refractivity contribution in [1.82, 2.24) is 0 Å². The maximum Gasteiger partial charge on any atom is 0.306 e. The normalized spacial score (nSPS) is 11.1. The molecule has 2 rings (SSSR count). The molecule has 0 amide bonds. The summed E-state index contributed by atoms with van der Waals surface area (Å²) < 4.78 is 10.5. The molecule has 2 aromatic rings. The number of esters is 2. The summed E-state index contributed by atoms with van der Waals surface area (Å²) >= 11 is 0. The molecule has 0 saturated heterocycles. The first kappa shape index (κ1) is 23.7. The summed E-state index contributed by atoms with van der Waals surface area (Å²) in [6.07, 6.45) is 12.0. The van der Waals surface area contributed by atoms with Crippen molar-refractivity contribution in [2.45, 2.75) is 71.3 Å². The minimum Gasteiger partial charge on any atom is -0.466 e. The van der Waals surface area contributed by atoms with Crippen molar-refractivity contribution in [3.8, 4) is 0 Å². The van der Waals surface area contributed by atoms with Crippen molar-refractivity contribution >= 4 is 22.7 Å². The standard InChI is InChI=1S/C26H34O4/c1-2-3-4-5-6-7-8-11-19-29-25(27)15-12-16-26(28)30-21-22-17-18-23-13-9-10-14-24(23)20-22/h6-7,9-10,13-14,17-18,20H,2-5,8,11-12,15-16,19,21H2,1H3/b7-6+. The van der Waals surface area contributed by atoms with Crippen LogP contribution in [-0.4, -0.2) is 18.5 Å². The number of carbonyl (C=O) groups is 2. The Labute approximate surface area is 180 Å². The van der Waals surface area contributed by atoms with Gasteiger partial charge in [-0.05, 0) is 54.5 Å². The molecular weight excluding hydrogens is 376 g/mol. The van der Waals surface area contributed by atoms with E-state index >= 15 is 0 Å². The van der Waals surface area contributed by atoms with E-state index < -0.39 is 0 Å². The third kappa shape index (κ3) is 9.73. The van der Waals surface area contributed by atoms with Crippen LogP contribution in [0.15, 0.2) is 54.6 Å². The molecule has 0 N–H and O–H groups in total. The molecule has 0 aliphatic heterocycles. The van der Waals surface area contributed by atoms with Gasteiger partial charge in [-0.25, -0.2) is 0 Å². The molecule has 4 nitrogen and oxygen atoms in total. The van der Waals surface area contributed by atoms with E-state index in [-0.39, 0.29) is 31.4 Å². The lowest BCUT2D eigenvalue weighted by Crippen LogP contribution is -2.08. The second-order valence-corrected chi connectivity index (χ2v) is 7.53. The number of hydrogen-bond donors (Lipinski definition) is 0. The third-order valence-corrected chi connectivity index (χ3v) is 4.89. The summed E-state index contributed by atoms with van der Waals surface area (Å²) in [6, 6.07) is 14.1. The zero-order chi connectivity index (χ0) is 21.4. The van der Waals surface area contributed by atoms with Gasteiger partial charge in [-0.2, -0.15) is 0 Å². The van der Waals surface area contributed by atoms with Gasteiger partial charge in [0.25, 0.3) is 0 Å². The monoisotopic (exact) mass is 410 g/mol. The molecule has 0 aliphatic rings. The lowest BCUT2D eigenvalue weighted by Gasteiger charge is -2.07. The average Bonchev–Trinajstić information content (AvgIpc) is 2.76. The fraction of sp³-hybridized carbons (Fsp3) is 0.462. The molecule has 0 aromatic heterocycles. The summed E-state index contributed by atoms with van der Waals surface area (Å²) in [7, 11) is 0. The molecule has 0 aliphatic carbocycles. The highest BCUT2D eigenvalue weighted by molar-refractivity contribution is 5.83. The van der Waals surface area contributed by atoms with E-state index in [9.17, 15) is 9.59 Å². The molecule has 2 aromatic carbocycles. The van der Waals surface area contributed by atoms with Gasteiger partial charge in [-0.15, -0.1) is 0 Å². The molecule has 0 fully saturated rings. The van der Waals surface area contributed by atoms with Crippen molar-refractivity contribution in [1.29, 1.82) is 0 Å². The number of allylic oxidation sites excluding steroid dienone is 2. The second kappa shape index (κ2) is 14.4. The molecular formula is C26H34O4. The van der Waals surface area contributed by atoms with Gasteiger partial charge in [0, 0.05) is 12.8 Å². The highest BCUT2D eigenvalue weighted by Crippen LogP contribution is 2.16. The van der Waals surface area contributed by atoms with Crippen LogP contribution in [0.1, 0.15) is 70.3 Å². The predicted octanol–water partition coefficient (Wildman–Crippen LogP) is 6.51. The molecule has 0 radical (unpaired) electrons. The topological polar surface area (TPSA) is 52.6 Å². The Balaban J connectivity index is 1.51. The van der Waals surface area contributed by atoms with Crippen LogP contribution in [0.2, 0.25) is 0 Å². The van der Waals surface area contributed by atoms with Crippen molar-refractivity contribution in [2.24, 2.45) is 0 Å². The van der Waals surface area contributed by atoms with Crippen LogP contribution in [0.4, 0.5) is 0 Å². The van der Waals surface area contributed by atoms with Crippen molar-refractivity contribution in [3.05, 3.63) is 60.2 Å². The van der Waals surface area contributed by atoms with E-state index in [2.05, 4.69) is 25.1 Å². The highest BCUT2D eigenvalue weighted by atomic mass is 16.5. The van der Waals surface area contributed by atoms with Gasteiger partial charge in [0.15, 0.2) is 0 Å². The summed E-state index contributed by atoms with van der Waals surface area (Å²) in [6.45, 7) is 2.89. The molecule has 0 spiro atoms. The van der Waals surface area contributed by atoms with Gasteiger partial charge in [-0.1, -0.05) is 68.3 Å². The number of hydrogen-bond acceptors (Lipinski definition) is 4. The molecule has 30 heavy (non-hydrogen) atoms. The minimum absolute atomic E-state index is 0.225. The van der Waals surface area contributed by atoms with Crippen molar-refractivity contribution < 1.29 is 19.1 Å². The van der Waals surface area contributed by atoms with Gasteiger partial charge < -0.3 is 9.47 Å². The van der Waals surface area contributed by atoms with Crippen LogP contribution in [0.3, 0.4) is 0 Å².